The van der Waals surface area contributed by atoms with Crippen LogP contribution in [0, 0.1) is 13.8 Å². The topological polar surface area (TPSA) is 60.9 Å². The quantitative estimate of drug-likeness (QED) is 0.547. The first kappa shape index (κ1) is 13.9. The molecular weight excluding hydrogens is 286 g/mol. The molecule has 0 aliphatic heterocycles. The highest BCUT2D eigenvalue weighted by molar-refractivity contribution is 7.99. The lowest BCUT2D eigenvalue weighted by Crippen LogP contribution is -2.02. The lowest BCUT2D eigenvalue weighted by atomic mass is 10.2. The molecule has 0 saturated carbocycles. The normalized spacial score (nSPS) is 11.2. The van der Waals surface area contributed by atoms with Gasteiger partial charge in [0.2, 0.25) is 0 Å². The van der Waals surface area contributed by atoms with E-state index < -0.39 is 0 Å². The summed E-state index contributed by atoms with van der Waals surface area (Å²) in [6.45, 7) is 3.84. The number of hydrogen-bond donors (Lipinski definition) is 0. The van der Waals surface area contributed by atoms with Crippen LogP contribution in [0.15, 0.2) is 34.0 Å². The van der Waals surface area contributed by atoms with Crippen LogP contribution < -0.4 is 0 Å². The molecule has 2 aromatic heterocycles. The highest BCUT2D eigenvalue weighted by atomic mass is 32.2. The van der Waals surface area contributed by atoms with Crippen LogP contribution in [0.2, 0.25) is 0 Å². The molecule has 3 rings (SSSR count). The molecule has 0 N–H and O–H groups in total. The van der Waals surface area contributed by atoms with Crippen molar-refractivity contribution < 1.29 is 9.21 Å². The van der Waals surface area contributed by atoms with E-state index >= 15 is 0 Å². The zero-order valence-electron chi connectivity index (χ0n) is 12.1. The van der Waals surface area contributed by atoms with Gasteiger partial charge in [-0.25, -0.2) is 4.98 Å². The van der Waals surface area contributed by atoms with Crippen molar-refractivity contribution in [1.82, 2.24) is 14.8 Å². The number of aryl methyl sites for hydroxylation is 3. The first-order chi connectivity index (χ1) is 10.0. The van der Waals surface area contributed by atoms with Crippen molar-refractivity contribution in [3.8, 4) is 0 Å². The van der Waals surface area contributed by atoms with Crippen LogP contribution in [0.5, 0.6) is 0 Å². The van der Waals surface area contributed by atoms with E-state index in [4.69, 9.17) is 4.42 Å². The Bertz CT molecular complexity index is 820. The molecule has 1 aromatic carbocycles. The lowest BCUT2D eigenvalue weighted by molar-refractivity contribution is 0.102. The van der Waals surface area contributed by atoms with Gasteiger partial charge in [0.05, 0.1) is 17.0 Å². The maximum atomic E-state index is 12.2. The van der Waals surface area contributed by atoms with Gasteiger partial charge in [-0.15, -0.1) is 0 Å². The summed E-state index contributed by atoms with van der Waals surface area (Å²) in [7, 11) is 1.81. The Labute approximate surface area is 126 Å². The maximum absolute atomic E-state index is 12.2. The standard InChI is InChI=1S/C15H15N3O2S/c1-9-4-5-14-12(6-9)16-15(20-14)21-8-13(19)11-7-18(3)17-10(11)2/h4-7H,8H2,1-3H3. The zero-order chi connectivity index (χ0) is 15.0. The monoisotopic (exact) mass is 301 g/mol. The van der Waals surface area contributed by atoms with Crippen molar-refractivity contribution in [2.45, 2.75) is 19.1 Å². The van der Waals surface area contributed by atoms with Crippen LogP contribution in [-0.4, -0.2) is 26.3 Å². The third-order valence-electron chi connectivity index (χ3n) is 3.16. The van der Waals surface area contributed by atoms with Crippen molar-refractivity contribution in [3.63, 3.8) is 0 Å². The van der Waals surface area contributed by atoms with Crippen molar-refractivity contribution in [1.29, 1.82) is 0 Å². The molecule has 108 valence electrons. The van der Waals surface area contributed by atoms with E-state index in [2.05, 4.69) is 10.1 Å². The minimum atomic E-state index is 0.0315. The predicted molar refractivity (Wildman–Crippen MR) is 81.7 cm³/mol. The summed E-state index contributed by atoms with van der Waals surface area (Å²) < 4.78 is 7.27. The Morgan fingerprint density at radius 3 is 2.90 bits per heavy atom. The molecule has 0 bridgehead atoms. The first-order valence-corrected chi connectivity index (χ1v) is 7.55. The predicted octanol–water partition coefficient (Wildman–Crippen LogP) is 3.15. The lowest BCUT2D eigenvalue weighted by Gasteiger charge is -1.96. The number of aromatic nitrogens is 3. The van der Waals surface area contributed by atoms with Crippen LogP contribution in [0.1, 0.15) is 21.6 Å². The van der Waals surface area contributed by atoms with Gasteiger partial charge in [0.1, 0.15) is 5.52 Å². The van der Waals surface area contributed by atoms with E-state index in [1.807, 2.05) is 32.0 Å². The van der Waals surface area contributed by atoms with E-state index in [0.29, 0.717) is 16.5 Å². The smallest absolute Gasteiger partial charge is 0.257 e. The van der Waals surface area contributed by atoms with Crippen molar-refractivity contribution in [2.24, 2.45) is 7.05 Å². The van der Waals surface area contributed by atoms with Crippen molar-refractivity contribution in [2.75, 3.05) is 5.75 Å². The second-order valence-corrected chi connectivity index (χ2v) is 5.89. The van der Waals surface area contributed by atoms with Crippen LogP contribution in [0.4, 0.5) is 0 Å². The molecule has 2 heterocycles. The average Bonchev–Trinajstić information content (AvgIpc) is 2.98. The zero-order valence-corrected chi connectivity index (χ0v) is 12.9. The molecule has 0 radical (unpaired) electrons. The van der Waals surface area contributed by atoms with Gasteiger partial charge in [0.25, 0.3) is 5.22 Å². The number of thioether (sulfide) groups is 1. The summed E-state index contributed by atoms with van der Waals surface area (Å²) in [5, 5.41) is 4.70. The molecule has 0 spiro atoms. The number of rotatable bonds is 4. The van der Waals surface area contributed by atoms with Crippen molar-refractivity contribution in [3.05, 3.63) is 41.2 Å². The Morgan fingerprint density at radius 2 is 2.19 bits per heavy atom. The summed E-state index contributed by atoms with van der Waals surface area (Å²) >= 11 is 1.31. The Kier molecular flexibility index (Phi) is 3.55. The number of benzene rings is 1. The highest BCUT2D eigenvalue weighted by Crippen LogP contribution is 2.25. The number of oxazole rings is 1. The molecule has 0 fully saturated rings. The van der Waals surface area contributed by atoms with E-state index in [9.17, 15) is 4.79 Å². The molecule has 6 heteroatoms. The third-order valence-corrected chi connectivity index (χ3v) is 3.99. The molecule has 0 unspecified atom stereocenters. The summed E-state index contributed by atoms with van der Waals surface area (Å²) in [5.74, 6) is 0.322. The summed E-state index contributed by atoms with van der Waals surface area (Å²) in [6.07, 6.45) is 1.74. The molecule has 3 aromatic rings. The summed E-state index contributed by atoms with van der Waals surface area (Å²) in [5.41, 5.74) is 4.10. The van der Waals surface area contributed by atoms with Crippen LogP contribution >= 0.6 is 11.8 Å². The molecular formula is C15H15N3O2S. The van der Waals surface area contributed by atoms with Gasteiger partial charge in [0.15, 0.2) is 11.4 Å². The molecule has 0 atom stereocenters. The highest BCUT2D eigenvalue weighted by Gasteiger charge is 2.15. The van der Waals surface area contributed by atoms with Gasteiger partial charge in [-0.2, -0.15) is 5.10 Å². The number of carbonyl (C=O) groups is 1. The second-order valence-electron chi connectivity index (χ2n) is 4.96. The van der Waals surface area contributed by atoms with Crippen LogP contribution in [0.3, 0.4) is 0 Å². The van der Waals surface area contributed by atoms with Gasteiger partial charge < -0.3 is 4.42 Å². The van der Waals surface area contributed by atoms with Gasteiger partial charge in [-0.3, -0.25) is 9.48 Å². The second kappa shape index (κ2) is 5.37. The van der Waals surface area contributed by atoms with E-state index in [-0.39, 0.29) is 5.78 Å². The minimum absolute atomic E-state index is 0.0315. The Balaban J connectivity index is 1.74. The van der Waals surface area contributed by atoms with Gasteiger partial charge >= 0.3 is 0 Å². The molecule has 5 nitrogen and oxygen atoms in total. The molecule has 0 aliphatic carbocycles. The minimum Gasteiger partial charge on any atom is -0.431 e. The van der Waals surface area contributed by atoms with Gasteiger partial charge in [0, 0.05) is 13.2 Å². The van der Waals surface area contributed by atoms with Crippen molar-refractivity contribution >= 4 is 28.6 Å². The SMILES string of the molecule is Cc1ccc2oc(SCC(=O)c3cn(C)nc3C)nc2c1. The average molecular weight is 301 g/mol. The number of Topliss-reactive ketones (excluding diaryl/α,β-unsaturated/α-hetero) is 1. The Morgan fingerprint density at radius 1 is 1.38 bits per heavy atom. The fraction of sp³-hybridized carbons (Fsp3) is 0.267. The van der Waals surface area contributed by atoms with E-state index in [1.165, 1.54) is 11.8 Å². The fourth-order valence-corrected chi connectivity index (χ4v) is 2.88. The Hall–Kier alpha value is -2.08. The third kappa shape index (κ3) is 2.85. The summed E-state index contributed by atoms with van der Waals surface area (Å²) in [4.78, 5) is 16.6. The molecule has 0 aliphatic rings. The van der Waals surface area contributed by atoms with Crippen LogP contribution in [-0.2, 0) is 7.05 Å². The largest absolute Gasteiger partial charge is 0.431 e. The summed E-state index contributed by atoms with van der Waals surface area (Å²) in [6, 6.07) is 5.84. The fourth-order valence-electron chi connectivity index (χ4n) is 2.16. The number of fused-ring (bicyclic) bond motifs is 1. The number of nitrogens with zero attached hydrogens (tertiary/aromatic N) is 3. The van der Waals surface area contributed by atoms with Gasteiger partial charge in [-0.05, 0) is 31.5 Å². The van der Waals surface area contributed by atoms with Gasteiger partial charge in [-0.1, -0.05) is 17.8 Å². The number of ketones is 1. The van der Waals surface area contributed by atoms with E-state index in [1.54, 1.807) is 17.9 Å². The number of hydrogen-bond acceptors (Lipinski definition) is 5. The molecule has 0 amide bonds. The van der Waals surface area contributed by atoms with Crippen LogP contribution in [0.25, 0.3) is 11.1 Å². The maximum Gasteiger partial charge on any atom is 0.257 e. The molecule has 21 heavy (non-hydrogen) atoms. The first-order valence-electron chi connectivity index (χ1n) is 6.56. The number of carbonyl (C=O) groups excluding carboxylic acids is 1. The molecule has 0 saturated heterocycles. The van der Waals surface area contributed by atoms with E-state index in [0.717, 1.165) is 22.4 Å².